The van der Waals surface area contributed by atoms with Gasteiger partial charge in [-0.3, -0.25) is 4.99 Å². The third kappa shape index (κ3) is 2.40. The normalized spacial score (nSPS) is 25.4. The second-order valence-corrected chi connectivity index (χ2v) is 4.49. The van der Waals surface area contributed by atoms with Crippen molar-refractivity contribution in [1.82, 2.24) is 10.6 Å². The fraction of sp³-hybridized carbons (Fsp3) is 0.909. The van der Waals surface area contributed by atoms with Crippen LogP contribution in [0.2, 0.25) is 0 Å². The van der Waals surface area contributed by atoms with Gasteiger partial charge >= 0.3 is 0 Å². The van der Waals surface area contributed by atoms with Crippen LogP contribution in [0, 0.1) is 5.92 Å². The van der Waals surface area contributed by atoms with Crippen molar-refractivity contribution >= 4 is 5.96 Å². The van der Waals surface area contributed by atoms with E-state index in [1.807, 2.05) is 0 Å². The van der Waals surface area contributed by atoms with Crippen molar-refractivity contribution in [3.05, 3.63) is 0 Å². The minimum Gasteiger partial charge on any atom is -0.355 e. The molecule has 2 rings (SSSR count). The van der Waals surface area contributed by atoms with E-state index in [9.17, 15) is 0 Å². The van der Waals surface area contributed by atoms with Gasteiger partial charge in [-0.05, 0) is 25.7 Å². The lowest BCUT2D eigenvalue weighted by atomic mass is 9.85. The first-order chi connectivity index (χ1) is 6.86. The van der Waals surface area contributed by atoms with Crippen molar-refractivity contribution in [2.45, 2.75) is 45.1 Å². The molecule has 0 unspecified atom stereocenters. The van der Waals surface area contributed by atoms with E-state index in [0.717, 1.165) is 25.0 Å². The molecule has 1 atom stereocenters. The molecule has 0 amide bonds. The lowest BCUT2D eigenvalue weighted by Gasteiger charge is -2.28. The minimum atomic E-state index is 0.583. The summed E-state index contributed by atoms with van der Waals surface area (Å²) in [5, 5.41) is 6.75. The summed E-state index contributed by atoms with van der Waals surface area (Å²) in [4.78, 5) is 4.36. The van der Waals surface area contributed by atoms with Crippen molar-refractivity contribution in [2.24, 2.45) is 10.9 Å². The molecule has 1 fully saturated rings. The number of hydrogen-bond donors (Lipinski definition) is 2. The molecule has 1 saturated carbocycles. The predicted octanol–water partition coefficient (Wildman–Crippen LogP) is 1.50. The maximum atomic E-state index is 4.36. The number of aliphatic imine (C=N–C) groups is 1. The van der Waals surface area contributed by atoms with Crippen molar-refractivity contribution in [2.75, 3.05) is 13.1 Å². The zero-order valence-corrected chi connectivity index (χ0v) is 9.05. The van der Waals surface area contributed by atoms with Gasteiger partial charge in [-0.15, -0.1) is 0 Å². The first kappa shape index (κ1) is 9.81. The molecule has 0 aromatic carbocycles. The predicted molar refractivity (Wildman–Crippen MR) is 59.5 cm³/mol. The number of hydrogen-bond acceptors (Lipinski definition) is 3. The summed E-state index contributed by atoms with van der Waals surface area (Å²) in [7, 11) is 0. The van der Waals surface area contributed by atoms with E-state index in [0.29, 0.717) is 6.04 Å². The summed E-state index contributed by atoms with van der Waals surface area (Å²) < 4.78 is 0. The van der Waals surface area contributed by atoms with Gasteiger partial charge in [-0.1, -0.05) is 19.3 Å². The molecule has 3 heteroatoms. The Bertz CT molecular complexity index is 207. The van der Waals surface area contributed by atoms with Crippen LogP contribution in [0.25, 0.3) is 0 Å². The molecular formula is C11H21N3. The number of nitrogens with zero attached hydrogens (tertiary/aromatic N) is 1. The van der Waals surface area contributed by atoms with Gasteiger partial charge in [-0.2, -0.15) is 0 Å². The van der Waals surface area contributed by atoms with Crippen LogP contribution in [0.3, 0.4) is 0 Å². The van der Waals surface area contributed by atoms with Gasteiger partial charge in [-0.25, -0.2) is 0 Å². The summed E-state index contributed by atoms with van der Waals surface area (Å²) in [5.74, 6) is 1.87. The van der Waals surface area contributed by atoms with Crippen molar-refractivity contribution < 1.29 is 0 Å². The van der Waals surface area contributed by atoms with Gasteiger partial charge in [0.25, 0.3) is 0 Å². The van der Waals surface area contributed by atoms with Crippen LogP contribution in [0.15, 0.2) is 4.99 Å². The largest absolute Gasteiger partial charge is 0.355 e. The topological polar surface area (TPSA) is 36.4 Å². The Balaban J connectivity index is 1.78. The maximum absolute atomic E-state index is 4.36. The molecular weight excluding hydrogens is 174 g/mol. The van der Waals surface area contributed by atoms with Crippen LogP contribution >= 0.6 is 0 Å². The quantitative estimate of drug-likeness (QED) is 0.700. The number of rotatable bonds is 2. The highest BCUT2D eigenvalue weighted by atomic mass is 15.2. The first-order valence-electron chi connectivity index (χ1n) is 5.91. The van der Waals surface area contributed by atoms with E-state index in [1.165, 1.54) is 32.1 Å². The Morgan fingerprint density at radius 1 is 1.36 bits per heavy atom. The number of guanidine groups is 1. The Hall–Kier alpha value is -0.730. The Morgan fingerprint density at radius 3 is 2.79 bits per heavy atom. The van der Waals surface area contributed by atoms with Gasteiger partial charge in [0.15, 0.2) is 5.96 Å². The number of nitrogens with one attached hydrogen (secondary N) is 2. The summed E-state index contributed by atoms with van der Waals surface area (Å²) >= 11 is 0. The van der Waals surface area contributed by atoms with Gasteiger partial charge in [0.1, 0.15) is 0 Å². The molecule has 0 aromatic heterocycles. The zero-order chi connectivity index (χ0) is 9.80. The average molecular weight is 195 g/mol. The molecule has 14 heavy (non-hydrogen) atoms. The summed E-state index contributed by atoms with van der Waals surface area (Å²) in [6, 6.07) is 0.583. The second kappa shape index (κ2) is 4.67. The molecule has 3 nitrogen and oxygen atoms in total. The monoisotopic (exact) mass is 195 g/mol. The molecule has 1 aliphatic heterocycles. The Labute approximate surface area is 86.4 Å². The molecule has 80 valence electrons. The van der Waals surface area contributed by atoms with Crippen LogP contribution in [0.5, 0.6) is 0 Å². The highest BCUT2D eigenvalue weighted by molar-refractivity contribution is 5.81. The minimum absolute atomic E-state index is 0.583. The van der Waals surface area contributed by atoms with E-state index in [-0.39, 0.29) is 0 Å². The van der Waals surface area contributed by atoms with Gasteiger partial charge < -0.3 is 10.6 Å². The van der Waals surface area contributed by atoms with Crippen molar-refractivity contribution in [3.8, 4) is 0 Å². The van der Waals surface area contributed by atoms with E-state index >= 15 is 0 Å². The molecule has 0 aromatic rings. The lowest BCUT2D eigenvalue weighted by molar-refractivity contribution is 0.301. The van der Waals surface area contributed by atoms with Crippen LogP contribution in [-0.2, 0) is 0 Å². The van der Waals surface area contributed by atoms with Crippen molar-refractivity contribution in [3.63, 3.8) is 0 Å². The molecule has 0 spiro atoms. The third-order valence-electron chi connectivity index (χ3n) is 3.40. The average Bonchev–Trinajstić information content (AvgIpc) is 2.72. The van der Waals surface area contributed by atoms with E-state index in [4.69, 9.17) is 0 Å². The van der Waals surface area contributed by atoms with E-state index < -0.39 is 0 Å². The van der Waals surface area contributed by atoms with Gasteiger partial charge in [0.2, 0.25) is 0 Å². The molecule has 0 saturated heterocycles. The first-order valence-corrected chi connectivity index (χ1v) is 5.91. The second-order valence-electron chi connectivity index (χ2n) is 4.49. The summed E-state index contributed by atoms with van der Waals surface area (Å²) in [6.45, 7) is 4.22. The van der Waals surface area contributed by atoms with Crippen LogP contribution < -0.4 is 10.6 Å². The maximum Gasteiger partial charge on any atom is 0.191 e. The third-order valence-corrected chi connectivity index (χ3v) is 3.40. The van der Waals surface area contributed by atoms with E-state index in [1.54, 1.807) is 0 Å². The van der Waals surface area contributed by atoms with Crippen LogP contribution in [0.1, 0.15) is 39.0 Å². The summed E-state index contributed by atoms with van der Waals surface area (Å²) in [6.07, 6.45) is 7.04. The van der Waals surface area contributed by atoms with Crippen LogP contribution in [-0.4, -0.2) is 25.1 Å². The SMILES string of the molecule is C[C@H](NC1=NCCN1)C1CCCCC1. The Kier molecular flexibility index (Phi) is 3.27. The highest BCUT2D eigenvalue weighted by Gasteiger charge is 2.21. The fourth-order valence-corrected chi connectivity index (χ4v) is 2.46. The molecule has 2 aliphatic rings. The molecule has 2 N–H and O–H groups in total. The fourth-order valence-electron chi connectivity index (χ4n) is 2.46. The standard InChI is InChI=1S/C11H21N3/c1-9(10-5-3-2-4-6-10)14-11-12-7-8-13-11/h9-10H,2-8H2,1H3,(H2,12,13,14)/t9-/m0/s1. The molecule has 1 aliphatic carbocycles. The zero-order valence-electron chi connectivity index (χ0n) is 9.05. The van der Waals surface area contributed by atoms with Gasteiger partial charge in [0.05, 0.1) is 6.54 Å². The van der Waals surface area contributed by atoms with Gasteiger partial charge in [0, 0.05) is 12.6 Å². The molecule has 1 heterocycles. The Morgan fingerprint density at radius 2 is 2.14 bits per heavy atom. The molecule has 0 radical (unpaired) electrons. The van der Waals surface area contributed by atoms with Crippen molar-refractivity contribution in [1.29, 1.82) is 0 Å². The lowest BCUT2D eigenvalue weighted by Crippen LogP contribution is -2.43. The van der Waals surface area contributed by atoms with Crippen LogP contribution in [0.4, 0.5) is 0 Å². The summed E-state index contributed by atoms with van der Waals surface area (Å²) in [5.41, 5.74) is 0. The highest BCUT2D eigenvalue weighted by Crippen LogP contribution is 2.26. The smallest absolute Gasteiger partial charge is 0.191 e. The molecule has 0 bridgehead atoms. The van der Waals surface area contributed by atoms with E-state index in [2.05, 4.69) is 22.5 Å².